The van der Waals surface area contributed by atoms with Crippen LogP contribution in [-0.2, 0) is 17.7 Å². The van der Waals surface area contributed by atoms with Crippen molar-refractivity contribution in [1.82, 2.24) is 9.55 Å². The van der Waals surface area contributed by atoms with Crippen LogP contribution in [0.25, 0.3) is 0 Å². The van der Waals surface area contributed by atoms with Gasteiger partial charge in [0.1, 0.15) is 17.0 Å². The molecule has 0 aliphatic heterocycles. The standard InChI is InChI=1S/C27H27ClN2O4/c1-18-5-7-20(8-6-18)17-30-24(22(29-26(30)28)15-16-27(2,3)33)23(31)14-11-19-9-12-21(13-10-19)25(32)34-4/h5-10,12-13,33H,11,14,17H2,1-4H3. The Morgan fingerprint density at radius 1 is 1.09 bits per heavy atom. The van der Waals surface area contributed by atoms with Crippen molar-refractivity contribution in [2.45, 2.75) is 45.8 Å². The molecule has 0 radical (unpaired) electrons. The zero-order valence-corrected chi connectivity index (χ0v) is 20.4. The Morgan fingerprint density at radius 3 is 2.29 bits per heavy atom. The Morgan fingerprint density at radius 2 is 1.71 bits per heavy atom. The third-order valence-corrected chi connectivity index (χ3v) is 5.44. The number of benzene rings is 2. The number of halogens is 1. The van der Waals surface area contributed by atoms with Crippen molar-refractivity contribution in [3.63, 3.8) is 0 Å². The molecule has 1 aromatic heterocycles. The fourth-order valence-corrected chi connectivity index (χ4v) is 3.56. The maximum absolute atomic E-state index is 13.3. The molecule has 176 valence electrons. The van der Waals surface area contributed by atoms with Gasteiger partial charge in [-0.2, -0.15) is 0 Å². The molecule has 3 rings (SSSR count). The summed E-state index contributed by atoms with van der Waals surface area (Å²) in [6, 6.07) is 14.9. The number of esters is 1. The highest BCUT2D eigenvalue weighted by atomic mass is 35.5. The first-order chi connectivity index (χ1) is 16.1. The predicted molar refractivity (Wildman–Crippen MR) is 131 cm³/mol. The van der Waals surface area contributed by atoms with E-state index in [9.17, 15) is 14.7 Å². The third kappa shape index (κ3) is 6.57. The minimum absolute atomic E-state index is 0.159. The lowest BCUT2D eigenvalue weighted by Crippen LogP contribution is -2.15. The minimum Gasteiger partial charge on any atom is -0.465 e. The molecule has 0 saturated carbocycles. The first-order valence-corrected chi connectivity index (χ1v) is 11.2. The van der Waals surface area contributed by atoms with E-state index in [0.29, 0.717) is 24.2 Å². The molecule has 0 spiro atoms. The number of hydrogen-bond acceptors (Lipinski definition) is 5. The fourth-order valence-electron chi connectivity index (χ4n) is 3.33. The van der Waals surface area contributed by atoms with Crippen LogP contribution in [0.1, 0.15) is 63.5 Å². The zero-order chi connectivity index (χ0) is 24.9. The van der Waals surface area contributed by atoms with Crippen LogP contribution in [0.3, 0.4) is 0 Å². The molecule has 0 unspecified atom stereocenters. The van der Waals surface area contributed by atoms with Gasteiger partial charge in [0, 0.05) is 6.42 Å². The van der Waals surface area contributed by atoms with Crippen molar-refractivity contribution < 1.29 is 19.4 Å². The van der Waals surface area contributed by atoms with Crippen LogP contribution in [0.2, 0.25) is 5.28 Å². The van der Waals surface area contributed by atoms with E-state index in [1.54, 1.807) is 42.7 Å². The van der Waals surface area contributed by atoms with E-state index in [1.807, 2.05) is 31.2 Å². The van der Waals surface area contributed by atoms with Crippen LogP contribution in [0, 0.1) is 18.8 Å². The number of carbonyl (C=O) groups excluding carboxylic acids is 2. The Hall–Kier alpha value is -3.40. The predicted octanol–water partition coefficient (Wildman–Crippen LogP) is 4.62. The van der Waals surface area contributed by atoms with E-state index in [4.69, 9.17) is 16.3 Å². The first kappa shape index (κ1) is 25.2. The number of methoxy groups -OCH3 is 1. The lowest BCUT2D eigenvalue weighted by molar-refractivity contribution is 0.0600. The molecule has 1 heterocycles. The number of hydrogen-bond donors (Lipinski definition) is 1. The second kappa shape index (κ2) is 10.7. The quantitative estimate of drug-likeness (QED) is 0.304. The highest BCUT2D eigenvalue weighted by molar-refractivity contribution is 6.29. The fraction of sp³-hybridized carbons (Fsp3) is 0.296. The summed E-state index contributed by atoms with van der Waals surface area (Å²) < 4.78 is 6.37. The van der Waals surface area contributed by atoms with E-state index in [-0.39, 0.29) is 23.2 Å². The van der Waals surface area contributed by atoms with Gasteiger partial charge in [-0.15, -0.1) is 0 Å². The summed E-state index contributed by atoms with van der Waals surface area (Å²) in [7, 11) is 1.33. The maximum atomic E-state index is 13.3. The van der Waals surface area contributed by atoms with E-state index >= 15 is 0 Å². The number of aryl methyl sites for hydroxylation is 2. The van der Waals surface area contributed by atoms with Crippen LogP contribution in [0.5, 0.6) is 0 Å². The van der Waals surface area contributed by atoms with Gasteiger partial charge in [0.15, 0.2) is 5.78 Å². The van der Waals surface area contributed by atoms with Crippen LogP contribution in [0.15, 0.2) is 48.5 Å². The minimum atomic E-state index is -1.24. The van der Waals surface area contributed by atoms with Gasteiger partial charge in [-0.3, -0.25) is 4.79 Å². The molecule has 7 heteroatoms. The Kier molecular flexibility index (Phi) is 7.93. The number of ketones is 1. The monoisotopic (exact) mass is 478 g/mol. The first-order valence-electron chi connectivity index (χ1n) is 10.8. The van der Waals surface area contributed by atoms with Crippen molar-refractivity contribution >= 4 is 23.4 Å². The summed E-state index contributed by atoms with van der Waals surface area (Å²) >= 11 is 6.43. The topological polar surface area (TPSA) is 81.4 Å². The van der Waals surface area contributed by atoms with Gasteiger partial charge in [0.2, 0.25) is 5.28 Å². The highest BCUT2D eigenvalue weighted by Crippen LogP contribution is 2.21. The molecule has 0 aliphatic rings. The Balaban J connectivity index is 1.89. The molecule has 2 aromatic carbocycles. The number of Topliss-reactive ketones (excluding diaryl/α,β-unsaturated/α-hetero) is 1. The van der Waals surface area contributed by atoms with Gasteiger partial charge in [-0.1, -0.05) is 47.9 Å². The SMILES string of the molecule is COC(=O)c1ccc(CCC(=O)c2c(C#CC(C)(C)O)nc(Cl)n2Cc2ccc(C)cc2)cc1. The molecule has 0 saturated heterocycles. The molecule has 0 aliphatic carbocycles. The summed E-state index contributed by atoms with van der Waals surface area (Å²) in [5.41, 5.74) is 2.77. The van der Waals surface area contributed by atoms with Gasteiger partial charge in [-0.25, -0.2) is 9.78 Å². The second-order valence-corrected chi connectivity index (χ2v) is 8.91. The van der Waals surface area contributed by atoms with E-state index in [1.165, 1.54) is 7.11 Å². The van der Waals surface area contributed by atoms with Gasteiger partial charge < -0.3 is 14.4 Å². The summed E-state index contributed by atoms with van der Waals surface area (Å²) in [6.45, 7) is 5.49. The van der Waals surface area contributed by atoms with E-state index in [2.05, 4.69) is 16.8 Å². The largest absolute Gasteiger partial charge is 0.465 e. The van der Waals surface area contributed by atoms with Crippen molar-refractivity contribution in [3.05, 3.63) is 87.5 Å². The van der Waals surface area contributed by atoms with Crippen molar-refractivity contribution in [2.75, 3.05) is 7.11 Å². The molecule has 0 amide bonds. The smallest absolute Gasteiger partial charge is 0.337 e. The molecule has 0 fully saturated rings. The molecule has 34 heavy (non-hydrogen) atoms. The number of ether oxygens (including phenoxy) is 1. The normalized spacial score (nSPS) is 11.0. The van der Waals surface area contributed by atoms with Crippen LogP contribution < -0.4 is 0 Å². The lowest BCUT2D eigenvalue weighted by Gasteiger charge is -2.10. The lowest BCUT2D eigenvalue weighted by atomic mass is 10.0. The Bertz CT molecular complexity index is 1240. The van der Waals surface area contributed by atoms with Crippen LogP contribution in [0.4, 0.5) is 0 Å². The molecule has 3 aromatic rings. The van der Waals surface area contributed by atoms with E-state index < -0.39 is 11.6 Å². The van der Waals surface area contributed by atoms with Gasteiger partial charge in [-0.05, 0) is 68.0 Å². The number of carbonyl (C=O) groups is 2. The average Bonchev–Trinajstić information content (AvgIpc) is 3.12. The number of aromatic nitrogens is 2. The summed E-state index contributed by atoms with van der Waals surface area (Å²) in [4.78, 5) is 29.3. The number of imidazole rings is 1. The number of aliphatic hydroxyl groups is 1. The van der Waals surface area contributed by atoms with Crippen LogP contribution >= 0.6 is 11.6 Å². The average molecular weight is 479 g/mol. The Labute approximate surface area is 204 Å². The number of rotatable bonds is 7. The van der Waals surface area contributed by atoms with Crippen LogP contribution in [-0.4, -0.2) is 39.1 Å². The van der Waals surface area contributed by atoms with E-state index in [0.717, 1.165) is 16.7 Å². The maximum Gasteiger partial charge on any atom is 0.337 e. The summed E-state index contributed by atoms with van der Waals surface area (Å²) in [6.07, 6.45) is 0.663. The van der Waals surface area contributed by atoms with Crippen molar-refractivity contribution in [3.8, 4) is 11.8 Å². The third-order valence-electron chi connectivity index (χ3n) is 5.15. The van der Waals surface area contributed by atoms with Crippen molar-refractivity contribution in [1.29, 1.82) is 0 Å². The molecular formula is C27H27ClN2O4. The number of nitrogens with zero attached hydrogens (tertiary/aromatic N) is 2. The highest BCUT2D eigenvalue weighted by Gasteiger charge is 2.22. The molecule has 1 N–H and O–H groups in total. The summed E-state index contributed by atoms with van der Waals surface area (Å²) in [5.74, 6) is 4.97. The summed E-state index contributed by atoms with van der Waals surface area (Å²) in [5, 5.41) is 10.2. The molecule has 0 bridgehead atoms. The van der Waals surface area contributed by atoms with Gasteiger partial charge in [0.25, 0.3) is 0 Å². The second-order valence-electron chi connectivity index (χ2n) is 8.57. The molecule has 0 atom stereocenters. The zero-order valence-electron chi connectivity index (χ0n) is 19.7. The van der Waals surface area contributed by atoms with Gasteiger partial charge in [0.05, 0.1) is 19.2 Å². The molecular weight excluding hydrogens is 452 g/mol. The van der Waals surface area contributed by atoms with Crippen molar-refractivity contribution in [2.24, 2.45) is 0 Å². The van der Waals surface area contributed by atoms with Gasteiger partial charge >= 0.3 is 5.97 Å². The molecule has 6 nitrogen and oxygen atoms in total.